The van der Waals surface area contributed by atoms with Crippen LogP contribution in [0.2, 0.25) is 0 Å². The highest BCUT2D eigenvalue weighted by Crippen LogP contribution is 2.13. The first-order chi connectivity index (χ1) is 12.5. The Morgan fingerprint density at radius 3 is 2.69 bits per heavy atom. The molecule has 9 nitrogen and oxygen atoms in total. The molecule has 0 aromatic carbocycles. The molecule has 26 heavy (non-hydrogen) atoms. The van der Waals surface area contributed by atoms with Crippen molar-refractivity contribution in [2.45, 2.75) is 32.8 Å². The molecule has 136 valence electrons. The lowest BCUT2D eigenvalue weighted by molar-refractivity contribution is -0.116. The van der Waals surface area contributed by atoms with Gasteiger partial charge in [-0.2, -0.15) is 4.52 Å². The number of carbonyl (C=O) groups excluding carboxylic acids is 1. The lowest BCUT2D eigenvalue weighted by Crippen LogP contribution is -2.14. The van der Waals surface area contributed by atoms with Gasteiger partial charge in [-0.25, -0.2) is 4.98 Å². The predicted octanol–water partition coefficient (Wildman–Crippen LogP) is 1.89. The second-order valence-corrected chi connectivity index (χ2v) is 5.86. The summed E-state index contributed by atoms with van der Waals surface area (Å²) in [6.45, 7) is 3.86. The number of hydrogen-bond acceptors (Lipinski definition) is 7. The Kier molecular flexibility index (Phi) is 5.26. The van der Waals surface area contributed by atoms with Crippen LogP contribution in [-0.2, 0) is 11.2 Å². The molecule has 0 fully saturated rings. The molecule has 3 aromatic heterocycles. The van der Waals surface area contributed by atoms with Crippen LogP contribution in [0, 0.1) is 0 Å². The molecule has 0 saturated carbocycles. The molecular formula is C17H20N6O3. The maximum atomic E-state index is 12.1. The van der Waals surface area contributed by atoms with Crippen molar-refractivity contribution in [3.8, 4) is 11.8 Å². The molecular weight excluding hydrogens is 336 g/mol. The summed E-state index contributed by atoms with van der Waals surface area (Å²) in [7, 11) is 1.54. The van der Waals surface area contributed by atoms with Gasteiger partial charge in [0, 0.05) is 25.0 Å². The fourth-order valence-electron chi connectivity index (χ4n) is 2.30. The molecule has 0 saturated heterocycles. The van der Waals surface area contributed by atoms with Crippen LogP contribution in [0.3, 0.4) is 0 Å². The van der Waals surface area contributed by atoms with Crippen LogP contribution in [0.4, 0.5) is 5.69 Å². The highest BCUT2D eigenvalue weighted by atomic mass is 16.5. The Bertz CT molecular complexity index is 891. The minimum absolute atomic E-state index is 0.0174. The third-order valence-electron chi connectivity index (χ3n) is 3.46. The maximum Gasteiger partial charge on any atom is 0.232 e. The summed E-state index contributed by atoms with van der Waals surface area (Å²) in [5, 5.41) is 15.3. The third-order valence-corrected chi connectivity index (χ3v) is 3.46. The molecule has 1 amide bonds. The summed E-state index contributed by atoms with van der Waals surface area (Å²) in [4.78, 5) is 16.2. The first kappa shape index (κ1) is 17.6. The summed E-state index contributed by atoms with van der Waals surface area (Å²) in [5.41, 5.74) is 1.21. The Morgan fingerprint density at radius 2 is 2.00 bits per heavy atom. The normalized spacial score (nSPS) is 10.9. The zero-order valence-corrected chi connectivity index (χ0v) is 14.8. The van der Waals surface area contributed by atoms with Gasteiger partial charge in [-0.05, 0) is 26.0 Å². The molecule has 3 aromatic rings. The zero-order valence-electron chi connectivity index (χ0n) is 14.8. The van der Waals surface area contributed by atoms with Crippen molar-refractivity contribution in [1.82, 2.24) is 24.8 Å². The summed E-state index contributed by atoms with van der Waals surface area (Å²) in [6.07, 6.45) is 2.20. The molecule has 3 heterocycles. The van der Waals surface area contributed by atoms with Gasteiger partial charge in [-0.1, -0.05) is 0 Å². The molecule has 9 heteroatoms. The van der Waals surface area contributed by atoms with Crippen LogP contribution in [0.15, 0.2) is 30.5 Å². The van der Waals surface area contributed by atoms with Gasteiger partial charge in [0.1, 0.15) is 0 Å². The fourth-order valence-corrected chi connectivity index (χ4v) is 2.30. The van der Waals surface area contributed by atoms with Gasteiger partial charge in [0.05, 0.1) is 25.1 Å². The topological polar surface area (TPSA) is 104 Å². The van der Waals surface area contributed by atoms with Crippen molar-refractivity contribution < 1.29 is 14.3 Å². The minimum atomic E-state index is -0.150. The van der Waals surface area contributed by atoms with Crippen molar-refractivity contribution in [3.05, 3.63) is 36.3 Å². The second kappa shape index (κ2) is 7.77. The van der Waals surface area contributed by atoms with Crippen LogP contribution >= 0.6 is 0 Å². The van der Waals surface area contributed by atoms with Crippen LogP contribution in [-0.4, -0.2) is 43.9 Å². The number of amides is 1. The number of nitrogens with zero attached hydrogens (tertiary/aromatic N) is 5. The summed E-state index contributed by atoms with van der Waals surface area (Å²) in [6, 6.07) is 6.94. The predicted molar refractivity (Wildman–Crippen MR) is 94.3 cm³/mol. The van der Waals surface area contributed by atoms with Gasteiger partial charge in [0.25, 0.3) is 0 Å². The van der Waals surface area contributed by atoms with Crippen LogP contribution < -0.4 is 14.8 Å². The molecule has 0 radical (unpaired) electrons. The Balaban J connectivity index is 1.63. The smallest absolute Gasteiger partial charge is 0.232 e. The van der Waals surface area contributed by atoms with Gasteiger partial charge in [-0.15, -0.1) is 15.3 Å². The maximum absolute atomic E-state index is 12.1. The van der Waals surface area contributed by atoms with E-state index in [2.05, 4.69) is 25.6 Å². The van der Waals surface area contributed by atoms with Gasteiger partial charge >= 0.3 is 0 Å². The molecule has 3 rings (SSSR count). The third kappa shape index (κ3) is 4.24. The van der Waals surface area contributed by atoms with Crippen molar-refractivity contribution in [2.24, 2.45) is 0 Å². The van der Waals surface area contributed by atoms with Gasteiger partial charge in [-0.3, -0.25) is 4.79 Å². The number of hydrogen-bond donors (Lipinski definition) is 1. The van der Waals surface area contributed by atoms with E-state index in [1.807, 2.05) is 13.8 Å². The number of ether oxygens (including phenoxy) is 2. The average Bonchev–Trinajstić information content (AvgIpc) is 3.02. The molecule has 1 N–H and O–H groups in total. The van der Waals surface area contributed by atoms with Crippen LogP contribution in [0.1, 0.15) is 26.1 Å². The average molecular weight is 356 g/mol. The van der Waals surface area contributed by atoms with Crippen molar-refractivity contribution in [2.75, 3.05) is 12.4 Å². The van der Waals surface area contributed by atoms with E-state index < -0.39 is 0 Å². The monoisotopic (exact) mass is 356 g/mol. The number of nitrogens with one attached hydrogen (secondary N) is 1. The van der Waals surface area contributed by atoms with Crippen LogP contribution in [0.25, 0.3) is 5.65 Å². The number of anilines is 1. The minimum Gasteiger partial charge on any atom is -0.481 e. The number of pyridine rings is 1. The number of fused-ring (bicyclic) bond motifs is 1. The molecule has 0 unspecified atom stereocenters. The van der Waals surface area contributed by atoms with E-state index in [9.17, 15) is 4.79 Å². The lowest BCUT2D eigenvalue weighted by Gasteiger charge is -2.08. The van der Waals surface area contributed by atoms with Gasteiger partial charge in [0.15, 0.2) is 11.5 Å². The van der Waals surface area contributed by atoms with Crippen molar-refractivity contribution >= 4 is 17.2 Å². The number of rotatable bonds is 7. The Hall–Kier alpha value is -3.23. The standard InChI is InChI=1S/C17H20N6O3/c1-11(2)26-17-9-6-14-21-20-13(23(14)22-17)5-7-15(24)19-12-4-8-16(25-3)18-10-12/h4,6,8-11H,5,7H2,1-3H3,(H,19,24). The molecule has 0 atom stereocenters. The van der Waals surface area contributed by atoms with E-state index in [-0.39, 0.29) is 18.4 Å². The second-order valence-electron chi connectivity index (χ2n) is 5.86. The Morgan fingerprint density at radius 1 is 1.19 bits per heavy atom. The van der Waals surface area contributed by atoms with E-state index in [0.29, 0.717) is 35.3 Å². The largest absolute Gasteiger partial charge is 0.481 e. The number of aryl methyl sites for hydroxylation is 1. The number of aromatic nitrogens is 5. The fraction of sp³-hybridized carbons (Fsp3) is 0.353. The highest BCUT2D eigenvalue weighted by molar-refractivity contribution is 5.90. The van der Waals surface area contributed by atoms with Gasteiger partial charge in [0.2, 0.25) is 17.7 Å². The first-order valence-corrected chi connectivity index (χ1v) is 8.23. The quantitative estimate of drug-likeness (QED) is 0.689. The summed E-state index contributed by atoms with van der Waals surface area (Å²) in [5.74, 6) is 1.42. The highest BCUT2D eigenvalue weighted by Gasteiger charge is 2.11. The van der Waals surface area contributed by atoms with E-state index >= 15 is 0 Å². The summed E-state index contributed by atoms with van der Waals surface area (Å²) >= 11 is 0. The van der Waals surface area contributed by atoms with E-state index in [1.54, 1.807) is 35.0 Å². The molecule has 0 aliphatic rings. The SMILES string of the molecule is COc1ccc(NC(=O)CCc2nnc3ccc(OC(C)C)nn23)cn1. The Labute approximate surface area is 150 Å². The zero-order chi connectivity index (χ0) is 18.5. The van der Waals surface area contributed by atoms with Gasteiger partial charge < -0.3 is 14.8 Å². The van der Waals surface area contributed by atoms with Crippen molar-refractivity contribution in [3.63, 3.8) is 0 Å². The van der Waals surface area contributed by atoms with Crippen molar-refractivity contribution in [1.29, 1.82) is 0 Å². The van der Waals surface area contributed by atoms with Crippen LogP contribution in [0.5, 0.6) is 11.8 Å². The molecule has 0 bridgehead atoms. The van der Waals surface area contributed by atoms with E-state index in [1.165, 1.54) is 7.11 Å². The molecule has 0 aliphatic carbocycles. The molecule has 0 spiro atoms. The lowest BCUT2D eigenvalue weighted by atomic mass is 10.2. The summed E-state index contributed by atoms with van der Waals surface area (Å²) < 4.78 is 12.2. The number of carbonyl (C=O) groups is 1. The van der Waals surface area contributed by atoms with E-state index in [4.69, 9.17) is 9.47 Å². The number of methoxy groups -OCH3 is 1. The van der Waals surface area contributed by atoms with E-state index in [0.717, 1.165) is 0 Å². The first-order valence-electron chi connectivity index (χ1n) is 8.23. The molecule has 0 aliphatic heterocycles.